The number of hydrogen-bond acceptors (Lipinski definition) is 5. The lowest BCUT2D eigenvalue weighted by Crippen LogP contribution is -2.44. The summed E-state index contributed by atoms with van der Waals surface area (Å²) >= 11 is 0. The fraction of sp³-hybridized carbons (Fsp3) is 0.440. The number of carbonyl (C=O) groups excluding carboxylic acids is 2. The Labute approximate surface area is 192 Å². The van der Waals surface area contributed by atoms with Crippen LogP contribution in [-0.4, -0.2) is 50.9 Å². The second kappa shape index (κ2) is 8.17. The summed E-state index contributed by atoms with van der Waals surface area (Å²) in [5.74, 6) is 1.77. The van der Waals surface area contributed by atoms with E-state index in [4.69, 9.17) is 0 Å². The van der Waals surface area contributed by atoms with Crippen LogP contribution >= 0.6 is 0 Å². The molecule has 0 bridgehead atoms. The zero-order chi connectivity index (χ0) is 22.4. The Morgan fingerprint density at radius 3 is 2.45 bits per heavy atom. The molecular formula is C25H28N6O2. The minimum atomic E-state index is 0.00659. The summed E-state index contributed by atoms with van der Waals surface area (Å²) in [5.41, 5.74) is 3.35. The van der Waals surface area contributed by atoms with E-state index in [2.05, 4.69) is 44.6 Å². The van der Waals surface area contributed by atoms with Gasteiger partial charge < -0.3 is 9.80 Å². The van der Waals surface area contributed by atoms with Gasteiger partial charge in [-0.25, -0.2) is 0 Å². The van der Waals surface area contributed by atoms with Crippen LogP contribution in [0.15, 0.2) is 42.5 Å². The van der Waals surface area contributed by atoms with Gasteiger partial charge in [-0.2, -0.15) is 9.50 Å². The van der Waals surface area contributed by atoms with Crippen LogP contribution in [-0.2, 0) is 22.6 Å². The minimum Gasteiger partial charge on any atom is -0.356 e. The minimum absolute atomic E-state index is 0.00659. The molecule has 2 amide bonds. The predicted molar refractivity (Wildman–Crippen MR) is 125 cm³/mol. The van der Waals surface area contributed by atoms with E-state index in [1.165, 1.54) is 11.1 Å². The van der Waals surface area contributed by atoms with Crippen LogP contribution in [0.1, 0.15) is 36.8 Å². The largest absolute Gasteiger partial charge is 0.356 e. The normalized spacial score (nSPS) is 18.9. The summed E-state index contributed by atoms with van der Waals surface area (Å²) in [6.07, 6.45) is 4.49. The van der Waals surface area contributed by atoms with Crippen molar-refractivity contribution >= 4 is 29.2 Å². The summed E-state index contributed by atoms with van der Waals surface area (Å²) in [6, 6.07) is 14.3. The molecule has 1 saturated carbocycles. The van der Waals surface area contributed by atoms with Gasteiger partial charge in [0.2, 0.25) is 17.8 Å². The third-order valence-corrected chi connectivity index (χ3v) is 7.13. The highest BCUT2D eigenvalue weighted by molar-refractivity contribution is 5.92. The van der Waals surface area contributed by atoms with Gasteiger partial charge in [0.15, 0.2) is 5.65 Å². The standard InChI is InChI=1S/C25H28N6O2/c32-23(18-8-9-18)27-25-26-21-6-3-7-22(31(21)28-25)29-13-11-19(12-14-29)24(33)30-15-10-17-4-1-2-5-20(17)16-30/h1-7,18-19H,8-16H2,(H,27,28,32). The van der Waals surface area contributed by atoms with Gasteiger partial charge in [-0.05, 0) is 55.4 Å². The zero-order valence-electron chi connectivity index (χ0n) is 18.6. The Morgan fingerprint density at radius 2 is 1.67 bits per heavy atom. The van der Waals surface area contributed by atoms with E-state index in [9.17, 15) is 9.59 Å². The first-order valence-electron chi connectivity index (χ1n) is 11.9. The molecule has 8 heteroatoms. The summed E-state index contributed by atoms with van der Waals surface area (Å²) in [4.78, 5) is 34.1. The molecule has 6 rings (SSSR count). The van der Waals surface area contributed by atoms with Crippen LogP contribution in [0.4, 0.5) is 11.8 Å². The van der Waals surface area contributed by atoms with Crippen LogP contribution < -0.4 is 10.2 Å². The fourth-order valence-electron chi connectivity index (χ4n) is 5.04. The molecule has 33 heavy (non-hydrogen) atoms. The van der Waals surface area contributed by atoms with Gasteiger partial charge in [0, 0.05) is 38.0 Å². The molecule has 1 aromatic carbocycles. The maximum atomic E-state index is 13.2. The molecule has 1 aliphatic carbocycles. The van der Waals surface area contributed by atoms with E-state index >= 15 is 0 Å². The molecule has 0 atom stereocenters. The Kier molecular flexibility index (Phi) is 5.00. The molecule has 8 nitrogen and oxygen atoms in total. The van der Waals surface area contributed by atoms with E-state index in [0.717, 1.165) is 64.1 Å². The third kappa shape index (κ3) is 3.94. The van der Waals surface area contributed by atoms with Crippen LogP contribution in [0.2, 0.25) is 0 Å². The lowest BCUT2D eigenvalue weighted by atomic mass is 9.93. The molecule has 1 N–H and O–H groups in total. The molecule has 170 valence electrons. The lowest BCUT2D eigenvalue weighted by molar-refractivity contribution is -0.137. The van der Waals surface area contributed by atoms with Crippen molar-refractivity contribution in [2.75, 3.05) is 29.9 Å². The monoisotopic (exact) mass is 444 g/mol. The number of carbonyl (C=O) groups is 2. The van der Waals surface area contributed by atoms with Crippen molar-refractivity contribution in [3.63, 3.8) is 0 Å². The number of aromatic nitrogens is 3. The summed E-state index contributed by atoms with van der Waals surface area (Å²) < 4.78 is 1.80. The second-order valence-electron chi connectivity index (χ2n) is 9.39. The first kappa shape index (κ1) is 20.2. The van der Waals surface area contributed by atoms with Gasteiger partial charge in [-0.3, -0.25) is 14.9 Å². The molecule has 2 aliphatic heterocycles. The number of benzene rings is 1. The zero-order valence-corrected chi connectivity index (χ0v) is 18.6. The first-order valence-corrected chi connectivity index (χ1v) is 11.9. The smallest absolute Gasteiger partial charge is 0.249 e. The molecule has 3 aliphatic rings. The molecule has 2 fully saturated rings. The Morgan fingerprint density at radius 1 is 0.879 bits per heavy atom. The number of rotatable bonds is 4. The third-order valence-electron chi connectivity index (χ3n) is 7.13. The lowest BCUT2D eigenvalue weighted by Gasteiger charge is -2.36. The van der Waals surface area contributed by atoms with Gasteiger partial charge >= 0.3 is 0 Å². The van der Waals surface area contributed by atoms with Gasteiger partial charge in [0.1, 0.15) is 5.82 Å². The van der Waals surface area contributed by atoms with Crippen molar-refractivity contribution in [1.82, 2.24) is 19.5 Å². The van der Waals surface area contributed by atoms with Crippen LogP contribution in [0.3, 0.4) is 0 Å². The Bertz CT molecular complexity index is 1210. The van der Waals surface area contributed by atoms with Crippen molar-refractivity contribution in [2.45, 2.75) is 38.6 Å². The topological polar surface area (TPSA) is 82.8 Å². The van der Waals surface area contributed by atoms with E-state index in [1.54, 1.807) is 4.52 Å². The highest BCUT2D eigenvalue weighted by atomic mass is 16.2. The van der Waals surface area contributed by atoms with Gasteiger partial charge in [-0.15, -0.1) is 5.10 Å². The number of pyridine rings is 1. The summed E-state index contributed by atoms with van der Waals surface area (Å²) in [5, 5.41) is 7.38. The first-order chi connectivity index (χ1) is 16.2. The van der Waals surface area contributed by atoms with E-state index in [1.807, 2.05) is 23.1 Å². The molecule has 1 saturated heterocycles. The number of hydrogen-bond donors (Lipinski definition) is 1. The number of anilines is 2. The van der Waals surface area contributed by atoms with Crippen molar-refractivity contribution in [1.29, 1.82) is 0 Å². The van der Waals surface area contributed by atoms with Gasteiger partial charge in [-0.1, -0.05) is 30.3 Å². The average Bonchev–Trinajstić information content (AvgIpc) is 3.63. The molecule has 3 aromatic rings. The SMILES string of the molecule is O=C(Nc1nc2cccc(N3CCC(C(=O)N4CCc5ccccc5C4)CC3)n2n1)C1CC1. The number of nitrogens with one attached hydrogen (secondary N) is 1. The molecule has 4 heterocycles. The van der Waals surface area contributed by atoms with Crippen molar-refractivity contribution in [2.24, 2.45) is 11.8 Å². The molecular weight excluding hydrogens is 416 g/mol. The fourth-order valence-corrected chi connectivity index (χ4v) is 5.04. The second-order valence-corrected chi connectivity index (χ2v) is 9.39. The Hall–Kier alpha value is -3.42. The van der Waals surface area contributed by atoms with Crippen LogP contribution in [0, 0.1) is 11.8 Å². The molecule has 0 radical (unpaired) electrons. The van der Waals surface area contributed by atoms with Crippen LogP contribution in [0.25, 0.3) is 5.65 Å². The molecule has 0 unspecified atom stereocenters. The van der Waals surface area contributed by atoms with E-state index < -0.39 is 0 Å². The maximum absolute atomic E-state index is 13.2. The Balaban J connectivity index is 1.12. The maximum Gasteiger partial charge on any atom is 0.249 e. The number of amides is 2. The summed E-state index contributed by atoms with van der Waals surface area (Å²) in [7, 11) is 0. The number of nitrogens with zero attached hydrogens (tertiary/aromatic N) is 5. The van der Waals surface area contributed by atoms with Crippen LogP contribution in [0.5, 0.6) is 0 Å². The number of fused-ring (bicyclic) bond motifs is 2. The summed E-state index contributed by atoms with van der Waals surface area (Å²) in [6.45, 7) is 3.12. The predicted octanol–water partition coefficient (Wildman–Crippen LogP) is 2.88. The molecule has 0 spiro atoms. The number of piperidine rings is 1. The highest BCUT2D eigenvalue weighted by Gasteiger charge is 2.32. The molecule has 2 aromatic heterocycles. The highest BCUT2D eigenvalue weighted by Crippen LogP contribution is 2.30. The van der Waals surface area contributed by atoms with Crippen molar-refractivity contribution in [3.05, 3.63) is 53.6 Å². The van der Waals surface area contributed by atoms with Gasteiger partial charge in [0.25, 0.3) is 0 Å². The van der Waals surface area contributed by atoms with E-state index in [0.29, 0.717) is 11.6 Å². The van der Waals surface area contributed by atoms with Crippen molar-refractivity contribution < 1.29 is 9.59 Å². The quantitative estimate of drug-likeness (QED) is 0.669. The van der Waals surface area contributed by atoms with E-state index in [-0.39, 0.29) is 23.7 Å². The average molecular weight is 445 g/mol. The van der Waals surface area contributed by atoms with Gasteiger partial charge in [0.05, 0.1) is 0 Å². The van der Waals surface area contributed by atoms with Crippen molar-refractivity contribution in [3.8, 4) is 0 Å².